The number of carbonyl (C=O) groups excluding carboxylic acids is 3. The van der Waals surface area contributed by atoms with E-state index in [1.54, 1.807) is 24.3 Å². The Morgan fingerprint density at radius 2 is 1.96 bits per heavy atom. The molecule has 1 aliphatic heterocycles. The van der Waals surface area contributed by atoms with E-state index < -0.39 is 5.92 Å². The van der Waals surface area contributed by atoms with Crippen molar-refractivity contribution in [3.8, 4) is 0 Å². The molecule has 1 heterocycles. The number of ether oxygens (including phenoxy) is 2. The van der Waals surface area contributed by atoms with Crippen molar-refractivity contribution in [3.63, 3.8) is 0 Å². The van der Waals surface area contributed by atoms with E-state index in [9.17, 15) is 14.4 Å². The van der Waals surface area contributed by atoms with Crippen molar-refractivity contribution in [1.82, 2.24) is 0 Å². The number of hydrogen-bond donors (Lipinski definition) is 0. The number of Topliss-reactive ketones (excluding diaryl/α,β-unsaturated/α-hetero) is 2. The molecule has 5 heteroatoms. The molecule has 1 aliphatic carbocycles. The van der Waals surface area contributed by atoms with Crippen molar-refractivity contribution in [2.75, 3.05) is 13.2 Å². The van der Waals surface area contributed by atoms with Crippen LogP contribution in [-0.2, 0) is 14.3 Å². The van der Waals surface area contributed by atoms with Gasteiger partial charge in [-0.1, -0.05) is 24.3 Å². The molecule has 0 amide bonds. The lowest BCUT2D eigenvalue weighted by molar-refractivity contribution is -0.158. The first-order valence-corrected chi connectivity index (χ1v) is 8.84. The molecule has 0 bridgehead atoms. The summed E-state index contributed by atoms with van der Waals surface area (Å²) < 4.78 is 11.0. The number of hydrogen-bond acceptors (Lipinski definition) is 5. The Labute approximate surface area is 147 Å². The Balaban J connectivity index is 1.53. The molecule has 2 atom stereocenters. The van der Waals surface area contributed by atoms with Gasteiger partial charge in [-0.05, 0) is 33.1 Å². The van der Waals surface area contributed by atoms with Crippen LogP contribution in [0.2, 0.25) is 0 Å². The highest BCUT2D eigenvalue weighted by atomic mass is 16.5. The van der Waals surface area contributed by atoms with Gasteiger partial charge in [0.05, 0.1) is 18.1 Å². The molecule has 3 rings (SSSR count). The van der Waals surface area contributed by atoms with E-state index in [2.05, 4.69) is 0 Å². The van der Waals surface area contributed by atoms with E-state index in [0.717, 1.165) is 0 Å². The molecule has 5 nitrogen and oxygen atoms in total. The van der Waals surface area contributed by atoms with Gasteiger partial charge in [-0.15, -0.1) is 0 Å². The highest BCUT2D eigenvalue weighted by molar-refractivity contribution is 6.14. The quantitative estimate of drug-likeness (QED) is 0.785. The van der Waals surface area contributed by atoms with Crippen LogP contribution in [0.3, 0.4) is 0 Å². The molecule has 0 N–H and O–H groups in total. The summed E-state index contributed by atoms with van der Waals surface area (Å²) in [4.78, 5) is 36.9. The maximum absolute atomic E-state index is 12.5. The maximum atomic E-state index is 12.5. The van der Waals surface area contributed by atoms with Crippen LogP contribution in [0.15, 0.2) is 24.3 Å². The zero-order valence-corrected chi connectivity index (χ0v) is 14.7. The Morgan fingerprint density at radius 3 is 2.68 bits per heavy atom. The van der Waals surface area contributed by atoms with Gasteiger partial charge in [-0.25, -0.2) is 0 Å². The van der Waals surface area contributed by atoms with Crippen molar-refractivity contribution in [3.05, 3.63) is 35.4 Å². The van der Waals surface area contributed by atoms with Crippen LogP contribution >= 0.6 is 0 Å². The summed E-state index contributed by atoms with van der Waals surface area (Å²) >= 11 is 0. The number of rotatable bonds is 4. The largest absolute Gasteiger partial charge is 0.465 e. The molecule has 0 spiro atoms. The third-order valence-electron chi connectivity index (χ3n) is 5.04. The van der Waals surface area contributed by atoms with Gasteiger partial charge >= 0.3 is 5.97 Å². The van der Waals surface area contributed by atoms with Crippen molar-refractivity contribution >= 4 is 17.5 Å². The van der Waals surface area contributed by atoms with E-state index in [0.29, 0.717) is 37.0 Å². The highest BCUT2D eigenvalue weighted by Crippen LogP contribution is 2.30. The first-order chi connectivity index (χ1) is 11.9. The summed E-state index contributed by atoms with van der Waals surface area (Å²) in [6.07, 6.45) is 1.88. The molecule has 1 saturated heterocycles. The lowest BCUT2D eigenvalue weighted by atomic mass is 9.80. The molecular formula is C20H24O5. The third kappa shape index (κ3) is 3.98. The second-order valence-electron chi connectivity index (χ2n) is 7.49. The van der Waals surface area contributed by atoms with E-state index in [1.165, 1.54) is 0 Å². The molecule has 0 saturated carbocycles. The molecule has 0 radical (unpaired) electrons. The van der Waals surface area contributed by atoms with Gasteiger partial charge in [-0.3, -0.25) is 14.4 Å². The van der Waals surface area contributed by atoms with Gasteiger partial charge in [0.1, 0.15) is 0 Å². The average Bonchev–Trinajstić information content (AvgIpc) is 2.58. The lowest BCUT2D eigenvalue weighted by Gasteiger charge is -2.34. The number of fused-ring (bicyclic) bond motifs is 1. The van der Waals surface area contributed by atoms with Crippen molar-refractivity contribution in [2.45, 2.75) is 45.1 Å². The van der Waals surface area contributed by atoms with E-state index in [4.69, 9.17) is 9.47 Å². The number of ketones is 2. The maximum Gasteiger partial charge on any atom is 0.309 e. The summed E-state index contributed by atoms with van der Waals surface area (Å²) in [6, 6.07) is 6.91. The molecule has 0 aromatic heterocycles. The molecule has 1 aromatic carbocycles. The summed E-state index contributed by atoms with van der Waals surface area (Å²) in [5.74, 6) is -0.836. The highest BCUT2D eigenvalue weighted by Gasteiger charge is 2.35. The Bertz CT molecular complexity index is 691. The monoisotopic (exact) mass is 344 g/mol. The third-order valence-corrected chi connectivity index (χ3v) is 5.04. The van der Waals surface area contributed by atoms with Crippen molar-refractivity contribution in [1.29, 1.82) is 0 Å². The molecule has 134 valence electrons. The summed E-state index contributed by atoms with van der Waals surface area (Å²) in [5, 5.41) is 0. The van der Waals surface area contributed by atoms with Crippen LogP contribution in [0, 0.1) is 11.8 Å². The average molecular weight is 344 g/mol. The SMILES string of the molecule is CC1(C)CC(C(=O)OCCC2CC(=O)c3ccccc3C2=O)CCO1. The second-order valence-corrected chi connectivity index (χ2v) is 7.49. The zero-order chi connectivity index (χ0) is 18.0. The lowest BCUT2D eigenvalue weighted by Crippen LogP contribution is -2.38. The fourth-order valence-corrected chi connectivity index (χ4v) is 3.67. The van der Waals surface area contributed by atoms with Gasteiger partial charge in [0, 0.05) is 30.1 Å². The minimum Gasteiger partial charge on any atom is -0.465 e. The van der Waals surface area contributed by atoms with Gasteiger partial charge in [0.25, 0.3) is 0 Å². The number of esters is 1. The Hall–Kier alpha value is -2.01. The summed E-state index contributed by atoms with van der Waals surface area (Å²) in [7, 11) is 0. The molecule has 2 unspecified atom stereocenters. The minimum absolute atomic E-state index is 0.0160. The Kier molecular flexibility index (Phi) is 5.04. The van der Waals surface area contributed by atoms with Crippen molar-refractivity contribution < 1.29 is 23.9 Å². The topological polar surface area (TPSA) is 69.7 Å². The van der Waals surface area contributed by atoms with Gasteiger partial charge < -0.3 is 9.47 Å². The van der Waals surface area contributed by atoms with E-state index >= 15 is 0 Å². The van der Waals surface area contributed by atoms with Crippen LogP contribution in [0.25, 0.3) is 0 Å². The van der Waals surface area contributed by atoms with Crippen LogP contribution in [-0.4, -0.2) is 36.4 Å². The van der Waals surface area contributed by atoms with E-state index in [1.807, 2.05) is 13.8 Å². The smallest absolute Gasteiger partial charge is 0.309 e. The van der Waals surface area contributed by atoms with Crippen LogP contribution in [0.5, 0.6) is 0 Å². The van der Waals surface area contributed by atoms with Crippen LogP contribution < -0.4 is 0 Å². The van der Waals surface area contributed by atoms with Gasteiger partial charge in [0.15, 0.2) is 11.6 Å². The predicted molar refractivity (Wildman–Crippen MR) is 91.5 cm³/mol. The predicted octanol–water partition coefficient (Wildman–Crippen LogP) is 3.21. The van der Waals surface area contributed by atoms with Crippen molar-refractivity contribution in [2.24, 2.45) is 11.8 Å². The minimum atomic E-state index is -0.402. The van der Waals surface area contributed by atoms with Crippen LogP contribution in [0.1, 0.15) is 60.2 Å². The van der Waals surface area contributed by atoms with Gasteiger partial charge in [0.2, 0.25) is 0 Å². The number of benzene rings is 1. The Morgan fingerprint density at radius 1 is 1.24 bits per heavy atom. The normalized spacial score (nSPS) is 25.4. The fraction of sp³-hybridized carbons (Fsp3) is 0.550. The molecule has 25 heavy (non-hydrogen) atoms. The zero-order valence-electron chi connectivity index (χ0n) is 14.7. The molecular weight excluding hydrogens is 320 g/mol. The first kappa shape index (κ1) is 17.8. The standard InChI is InChI=1S/C20H24O5/c1-20(2)12-14(8-10-25-20)19(23)24-9-7-13-11-17(21)15-5-3-4-6-16(15)18(13)22/h3-6,13-14H,7-12H2,1-2H3. The second kappa shape index (κ2) is 7.08. The van der Waals surface area contributed by atoms with E-state index in [-0.39, 0.29) is 42.1 Å². The molecule has 2 aliphatic rings. The molecule has 1 fully saturated rings. The summed E-state index contributed by atoms with van der Waals surface area (Å²) in [5.41, 5.74) is 0.684. The van der Waals surface area contributed by atoms with Gasteiger partial charge in [-0.2, -0.15) is 0 Å². The summed E-state index contributed by atoms with van der Waals surface area (Å²) in [6.45, 7) is 4.66. The fourth-order valence-electron chi connectivity index (χ4n) is 3.67. The van der Waals surface area contributed by atoms with Crippen LogP contribution in [0.4, 0.5) is 0 Å². The molecule has 1 aromatic rings. The first-order valence-electron chi connectivity index (χ1n) is 8.84. The number of carbonyl (C=O) groups is 3.